The van der Waals surface area contributed by atoms with E-state index < -0.39 is 0 Å². The lowest BCUT2D eigenvalue weighted by Crippen LogP contribution is -2.48. The first-order valence-electron chi connectivity index (χ1n) is 5.57. The highest BCUT2D eigenvalue weighted by Crippen LogP contribution is 2.28. The van der Waals surface area contributed by atoms with Gasteiger partial charge in [-0.05, 0) is 48.8 Å². The van der Waals surface area contributed by atoms with Gasteiger partial charge in [-0.25, -0.2) is 4.39 Å². The zero-order valence-corrected chi connectivity index (χ0v) is 11.5. The first-order valence-corrected chi connectivity index (χ1v) is 5.98. The Morgan fingerprint density at radius 2 is 1.76 bits per heavy atom. The quantitative estimate of drug-likeness (QED) is 0.821. The number of nitrogens with two attached hydrogens (primary N) is 1. The van der Waals surface area contributed by atoms with Gasteiger partial charge in [0.15, 0.2) is 5.11 Å². The van der Waals surface area contributed by atoms with Gasteiger partial charge in [-0.3, -0.25) is 0 Å². The molecule has 0 amide bonds. The summed E-state index contributed by atoms with van der Waals surface area (Å²) < 4.78 is 12.9. The molecular weight excluding hydrogens is 235 g/mol. The average Bonchev–Trinajstić information content (AvgIpc) is 2.19. The molecular formula is C13H19FN2S. The van der Waals surface area contributed by atoms with Crippen molar-refractivity contribution >= 4 is 23.0 Å². The summed E-state index contributed by atoms with van der Waals surface area (Å²) in [5.74, 6) is -0.264. The highest BCUT2D eigenvalue weighted by atomic mass is 32.1. The van der Waals surface area contributed by atoms with Gasteiger partial charge in [-0.15, -0.1) is 0 Å². The summed E-state index contributed by atoms with van der Waals surface area (Å²) in [5, 5.41) is 0.305. The Labute approximate surface area is 108 Å². The molecule has 0 spiro atoms. The molecule has 0 bridgehead atoms. The van der Waals surface area contributed by atoms with E-state index in [-0.39, 0.29) is 17.3 Å². The number of nitrogens with zero attached hydrogens (tertiary/aromatic N) is 1. The average molecular weight is 254 g/mol. The summed E-state index contributed by atoms with van der Waals surface area (Å²) in [6, 6.07) is 6.34. The first-order chi connectivity index (χ1) is 7.73. The molecule has 0 radical (unpaired) electrons. The molecule has 1 aromatic carbocycles. The van der Waals surface area contributed by atoms with Crippen LogP contribution in [-0.4, -0.2) is 11.2 Å². The molecule has 94 valence electrons. The molecule has 4 heteroatoms. The molecule has 0 aromatic heterocycles. The third-order valence-electron chi connectivity index (χ3n) is 2.98. The van der Waals surface area contributed by atoms with Crippen molar-refractivity contribution in [3.63, 3.8) is 0 Å². The van der Waals surface area contributed by atoms with E-state index in [2.05, 4.69) is 27.7 Å². The Kier molecular flexibility index (Phi) is 4.09. The second-order valence-electron chi connectivity index (χ2n) is 5.23. The molecule has 1 rings (SSSR count). The summed E-state index contributed by atoms with van der Waals surface area (Å²) in [4.78, 5) is 1.86. The Bertz CT molecular complexity index is 395. The standard InChI is InChI=1S/C13H19FN2S/c1-9(13(2,3)4)16(12(15)17)11-7-5-10(14)6-8-11/h5-9H,1-4H3,(H2,15,17). The Balaban J connectivity index is 3.10. The molecule has 1 unspecified atom stereocenters. The Hall–Kier alpha value is -1.16. The van der Waals surface area contributed by atoms with Crippen molar-refractivity contribution in [1.29, 1.82) is 0 Å². The number of hydrogen-bond donors (Lipinski definition) is 1. The van der Waals surface area contributed by atoms with Crippen molar-refractivity contribution < 1.29 is 4.39 Å². The monoisotopic (exact) mass is 254 g/mol. The maximum Gasteiger partial charge on any atom is 0.171 e. The molecule has 0 aliphatic rings. The topological polar surface area (TPSA) is 29.3 Å². The van der Waals surface area contributed by atoms with Crippen LogP contribution in [0, 0.1) is 11.2 Å². The molecule has 0 heterocycles. The SMILES string of the molecule is CC(N(C(N)=S)c1ccc(F)cc1)C(C)(C)C. The van der Waals surface area contributed by atoms with Crippen LogP contribution < -0.4 is 10.6 Å². The van der Waals surface area contributed by atoms with Gasteiger partial charge in [0.05, 0.1) is 0 Å². The minimum Gasteiger partial charge on any atom is -0.376 e. The van der Waals surface area contributed by atoms with Gasteiger partial charge in [0, 0.05) is 11.7 Å². The highest BCUT2D eigenvalue weighted by Gasteiger charge is 2.28. The fraction of sp³-hybridized carbons (Fsp3) is 0.462. The number of hydrogen-bond acceptors (Lipinski definition) is 1. The lowest BCUT2D eigenvalue weighted by molar-refractivity contribution is 0.340. The van der Waals surface area contributed by atoms with E-state index in [1.165, 1.54) is 12.1 Å². The fourth-order valence-electron chi connectivity index (χ4n) is 1.53. The maximum atomic E-state index is 12.9. The minimum absolute atomic E-state index is 0.0256. The second-order valence-corrected chi connectivity index (χ2v) is 5.64. The van der Waals surface area contributed by atoms with Crippen LogP contribution in [0.1, 0.15) is 27.7 Å². The fourth-order valence-corrected chi connectivity index (χ4v) is 1.79. The van der Waals surface area contributed by atoms with E-state index in [4.69, 9.17) is 18.0 Å². The molecule has 1 aromatic rings. The van der Waals surface area contributed by atoms with Crippen molar-refractivity contribution in [1.82, 2.24) is 0 Å². The van der Waals surface area contributed by atoms with Crippen LogP contribution in [0.25, 0.3) is 0 Å². The van der Waals surface area contributed by atoms with Gasteiger partial charge in [0.1, 0.15) is 5.82 Å². The zero-order chi connectivity index (χ0) is 13.2. The minimum atomic E-state index is -0.264. The number of halogens is 1. The van der Waals surface area contributed by atoms with Crippen LogP contribution in [0.15, 0.2) is 24.3 Å². The van der Waals surface area contributed by atoms with Gasteiger partial charge < -0.3 is 10.6 Å². The van der Waals surface area contributed by atoms with Gasteiger partial charge in [0.2, 0.25) is 0 Å². The van der Waals surface area contributed by atoms with Crippen LogP contribution in [-0.2, 0) is 0 Å². The number of thiocarbonyl (C=S) groups is 1. The van der Waals surface area contributed by atoms with Crippen molar-refractivity contribution in [2.24, 2.45) is 11.1 Å². The summed E-state index contributed by atoms with van der Waals surface area (Å²) in [5.41, 5.74) is 6.61. The van der Waals surface area contributed by atoms with E-state index in [9.17, 15) is 4.39 Å². The van der Waals surface area contributed by atoms with Crippen LogP contribution in [0.3, 0.4) is 0 Å². The second kappa shape index (κ2) is 5.00. The van der Waals surface area contributed by atoms with Gasteiger partial charge in [-0.2, -0.15) is 0 Å². The number of anilines is 1. The predicted octanol–water partition coefficient (Wildman–Crippen LogP) is 3.31. The molecule has 17 heavy (non-hydrogen) atoms. The van der Waals surface area contributed by atoms with Crippen LogP contribution in [0.2, 0.25) is 0 Å². The van der Waals surface area contributed by atoms with Gasteiger partial charge in [0.25, 0.3) is 0 Å². The molecule has 2 nitrogen and oxygen atoms in total. The van der Waals surface area contributed by atoms with Gasteiger partial charge in [-0.1, -0.05) is 20.8 Å². The normalized spacial score (nSPS) is 13.2. The Morgan fingerprint density at radius 3 is 2.12 bits per heavy atom. The third-order valence-corrected chi connectivity index (χ3v) is 3.18. The lowest BCUT2D eigenvalue weighted by Gasteiger charge is -2.38. The van der Waals surface area contributed by atoms with E-state index in [1.807, 2.05) is 4.90 Å². The van der Waals surface area contributed by atoms with E-state index >= 15 is 0 Å². The lowest BCUT2D eigenvalue weighted by atomic mass is 9.87. The molecule has 0 saturated heterocycles. The van der Waals surface area contributed by atoms with Crippen molar-refractivity contribution in [2.45, 2.75) is 33.7 Å². The molecule has 0 aliphatic carbocycles. The van der Waals surface area contributed by atoms with Crippen LogP contribution in [0.5, 0.6) is 0 Å². The number of rotatable bonds is 2. The van der Waals surface area contributed by atoms with Crippen LogP contribution >= 0.6 is 12.2 Å². The highest BCUT2D eigenvalue weighted by molar-refractivity contribution is 7.80. The van der Waals surface area contributed by atoms with E-state index in [0.717, 1.165) is 5.69 Å². The number of benzene rings is 1. The summed E-state index contributed by atoms with van der Waals surface area (Å²) in [6.07, 6.45) is 0. The molecule has 0 fully saturated rings. The Morgan fingerprint density at radius 1 is 1.29 bits per heavy atom. The van der Waals surface area contributed by atoms with Crippen LogP contribution in [0.4, 0.5) is 10.1 Å². The molecule has 0 aliphatic heterocycles. The van der Waals surface area contributed by atoms with Crippen molar-refractivity contribution in [3.8, 4) is 0 Å². The molecule has 1 atom stereocenters. The third kappa shape index (κ3) is 3.40. The summed E-state index contributed by atoms with van der Waals surface area (Å²) in [7, 11) is 0. The van der Waals surface area contributed by atoms with Crippen molar-refractivity contribution in [2.75, 3.05) is 4.90 Å². The van der Waals surface area contributed by atoms with Crippen molar-refractivity contribution in [3.05, 3.63) is 30.1 Å². The first kappa shape index (κ1) is 13.9. The van der Waals surface area contributed by atoms with E-state index in [1.54, 1.807) is 12.1 Å². The summed E-state index contributed by atoms with van der Waals surface area (Å²) >= 11 is 5.09. The predicted molar refractivity (Wildman–Crippen MR) is 74.6 cm³/mol. The summed E-state index contributed by atoms with van der Waals surface area (Å²) in [6.45, 7) is 8.41. The molecule has 0 saturated carbocycles. The van der Waals surface area contributed by atoms with E-state index in [0.29, 0.717) is 5.11 Å². The largest absolute Gasteiger partial charge is 0.376 e. The zero-order valence-electron chi connectivity index (χ0n) is 10.7. The molecule has 2 N–H and O–H groups in total. The van der Waals surface area contributed by atoms with Gasteiger partial charge >= 0.3 is 0 Å². The maximum absolute atomic E-state index is 12.9. The smallest absolute Gasteiger partial charge is 0.171 e.